The topological polar surface area (TPSA) is 100 Å². The third kappa shape index (κ3) is 3.85. The lowest BCUT2D eigenvalue weighted by atomic mass is 9.85. The molecule has 1 spiro atoms. The predicted molar refractivity (Wildman–Crippen MR) is 103 cm³/mol. The van der Waals surface area contributed by atoms with Crippen molar-refractivity contribution in [3.8, 4) is 0 Å². The van der Waals surface area contributed by atoms with Gasteiger partial charge in [0.2, 0.25) is 5.91 Å². The molecule has 0 bridgehead atoms. The van der Waals surface area contributed by atoms with Gasteiger partial charge in [-0.05, 0) is 24.8 Å². The molecule has 1 aromatic heterocycles. The van der Waals surface area contributed by atoms with Crippen LogP contribution in [0, 0.1) is 0 Å². The van der Waals surface area contributed by atoms with Gasteiger partial charge in [-0.1, -0.05) is 30.3 Å². The summed E-state index contributed by atoms with van der Waals surface area (Å²) in [5, 5.41) is 6.50. The van der Waals surface area contributed by atoms with Gasteiger partial charge in [-0.25, -0.2) is 9.78 Å². The third-order valence-corrected chi connectivity index (χ3v) is 5.78. The predicted octanol–water partition coefficient (Wildman–Crippen LogP) is 1.17. The quantitative estimate of drug-likeness (QED) is 0.739. The van der Waals surface area contributed by atoms with Crippen molar-refractivity contribution in [2.24, 2.45) is 0 Å². The molecule has 0 aliphatic carbocycles. The zero-order valence-corrected chi connectivity index (χ0v) is 16.2. The number of imide groups is 1. The van der Waals surface area contributed by atoms with Crippen molar-refractivity contribution in [1.82, 2.24) is 29.9 Å². The number of nitrogens with one attached hydrogen (secondary N) is 1. The lowest BCUT2D eigenvalue weighted by Gasteiger charge is -2.42. The van der Waals surface area contributed by atoms with Crippen molar-refractivity contribution in [2.45, 2.75) is 44.3 Å². The molecule has 2 aliphatic rings. The van der Waals surface area contributed by atoms with E-state index in [0.29, 0.717) is 51.9 Å². The van der Waals surface area contributed by atoms with Gasteiger partial charge < -0.3 is 9.80 Å². The van der Waals surface area contributed by atoms with E-state index in [1.165, 1.54) is 6.33 Å². The third-order valence-electron chi connectivity index (χ3n) is 5.78. The molecular weight excluding hydrogens is 372 g/mol. The molecule has 4 amide bonds. The fraction of sp³-hybridized carbons (Fsp3) is 0.450. The smallest absolute Gasteiger partial charge is 0.325 e. The maximum atomic E-state index is 12.6. The van der Waals surface area contributed by atoms with Gasteiger partial charge in [-0.2, -0.15) is 5.10 Å². The first-order valence-corrected chi connectivity index (χ1v) is 9.86. The molecule has 2 saturated heterocycles. The molecule has 29 heavy (non-hydrogen) atoms. The second-order valence-electron chi connectivity index (χ2n) is 7.51. The number of rotatable bonds is 6. The van der Waals surface area contributed by atoms with Gasteiger partial charge in [0.15, 0.2) is 0 Å². The second kappa shape index (κ2) is 8.02. The average molecular weight is 396 g/mol. The van der Waals surface area contributed by atoms with Crippen LogP contribution in [0.4, 0.5) is 4.79 Å². The van der Waals surface area contributed by atoms with Crippen LogP contribution in [0.1, 0.15) is 31.2 Å². The van der Waals surface area contributed by atoms with Gasteiger partial charge in [0.25, 0.3) is 5.91 Å². The van der Waals surface area contributed by atoms with Gasteiger partial charge in [0, 0.05) is 32.6 Å². The van der Waals surface area contributed by atoms with E-state index in [9.17, 15) is 14.4 Å². The summed E-state index contributed by atoms with van der Waals surface area (Å²) >= 11 is 0. The van der Waals surface area contributed by atoms with Gasteiger partial charge in [0.05, 0.1) is 0 Å². The Morgan fingerprint density at radius 1 is 1.14 bits per heavy atom. The fourth-order valence-corrected chi connectivity index (χ4v) is 4.11. The number of urea groups is 1. The SMILES string of the molecule is O=C(CCCn1cncn1)N1CCC2(CC1)C(=O)NC(=O)N2Cc1ccccc1. The van der Waals surface area contributed by atoms with Gasteiger partial charge >= 0.3 is 6.03 Å². The van der Waals surface area contributed by atoms with Gasteiger partial charge in [0.1, 0.15) is 18.2 Å². The number of hydrogen-bond acceptors (Lipinski definition) is 5. The molecule has 9 heteroatoms. The van der Waals surface area contributed by atoms with Crippen molar-refractivity contribution in [1.29, 1.82) is 0 Å². The lowest BCUT2D eigenvalue weighted by molar-refractivity contribution is -0.138. The van der Waals surface area contributed by atoms with Crippen LogP contribution in [0.25, 0.3) is 0 Å². The number of carbonyl (C=O) groups excluding carboxylic acids is 3. The Morgan fingerprint density at radius 2 is 1.90 bits per heavy atom. The maximum Gasteiger partial charge on any atom is 0.325 e. The van der Waals surface area contributed by atoms with Crippen molar-refractivity contribution in [3.63, 3.8) is 0 Å². The normalized spacial score (nSPS) is 18.3. The zero-order chi connectivity index (χ0) is 20.3. The second-order valence-corrected chi connectivity index (χ2v) is 7.51. The Bertz CT molecular complexity index is 875. The van der Waals surface area contributed by atoms with Crippen LogP contribution < -0.4 is 5.32 Å². The first-order chi connectivity index (χ1) is 14.1. The van der Waals surface area contributed by atoms with Crippen LogP contribution in [0.3, 0.4) is 0 Å². The molecule has 152 valence electrons. The van der Waals surface area contributed by atoms with Crippen LogP contribution in [0.2, 0.25) is 0 Å². The minimum Gasteiger partial charge on any atom is -0.342 e. The Kier molecular flexibility index (Phi) is 5.28. The largest absolute Gasteiger partial charge is 0.342 e. The van der Waals surface area contributed by atoms with Crippen LogP contribution in [0.15, 0.2) is 43.0 Å². The Balaban J connectivity index is 1.36. The number of nitrogens with zero attached hydrogens (tertiary/aromatic N) is 5. The first kappa shape index (κ1) is 19.1. The Labute approximate surface area is 168 Å². The highest BCUT2D eigenvalue weighted by Crippen LogP contribution is 2.34. The van der Waals surface area contributed by atoms with Crippen LogP contribution in [-0.4, -0.2) is 61.0 Å². The highest BCUT2D eigenvalue weighted by molar-refractivity contribution is 6.07. The summed E-state index contributed by atoms with van der Waals surface area (Å²) in [7, 11) is 0. The highest BCUT2D eigenvalue weighted by Gasteiger charge is 2.54. The number of benzene rings is 1. The molecule has 3 heterocycles. The number of aryl methyl sites for hydroxylation is 1. The molecule has 1 N–H and O–H groups in total. The number of aromatic nitrogens is 3. The van der Waals surface area contributed by atoms with E-state index in [0.717, 1.165) is 5.56 Å². The summed E-state index contributed by atoms with van der Waals surface area (Å²) < 4.78 is 1.70. The number of likely N-dealkylation sites (tertiary alicyclic amines) is 1. The summed E-state index contributed by atoms with van der Waals surface area (Å²) in [6, 6.07) is 9.28. The van der Waals surface area contributed by atoms with Crippen molar-refractivity contribution in [2.75, 3.05) is 13.1 Å². The molecule has 9 nitrogen and oxygen atoms in total. The average Bonchev–Trinajstić information content (AvgIpc) is 3.32. The Hall–Kier alpha value is -3.23. The zero-order valence-electron chi connectivity index (χ0n) is 16.2. The van der Waals surface area contributed by atoms with Crippen LogP contribution in [-0.2, 0) is 22.7 Å². The van der Waals surface area contributed by atoms with Crippen LogP contribution >= 0.6 is 0 Å². The lowest BCUT2D eigenvalue weighted by Crippen LogP contribution is -2.57. The Morgan fingerprint density at radius 3 is 2.59 bits per heavy atom. The molecule has 2 aliphatic heterocycles. The van der Waals surface area contributed by atoms with E-state index in [4.69, 9.17) is 0 Å². The van der Waals surface area contributed by atoms with E-state index >= 15 is 0 Å². The summed E-state index contributed by atoms with van der Waals surface area (Å²) in [4.78, 5) is 44.9. The van der Waals surface area contributed by atoms with E-state index < -0.39 is 5.54 Å². The fourth-order valence-electron chi connectivity index (χ4n) is 4.11. The highest BCUT2D eigenvalue weighted by atomic mass is 16.2. The minimum atomic E-state index is -0.871. The molecule has 2 fully saturated rings. The van der Waals surface area contributed by atoms with Gasteiger partial charge in [-0.15, -0.1) is 0 Å². The van der Waals surface area contributed by atoms with Crippen molar-refractivity contribution < 1.29 is 14.4 Å². The molecule has 0 atom stereocenters. The van der Waals surface area contributed by atoms with E-state index in [1.54, 1.807) is 20.8 Å². The number of amides is 4. The van der Waals surface area contributed by atoms with E-state index in [-0.39, 0.29) is 17.8 Å². The summed E-state index contributed by atoms with van der Waals surface area (Å²) in [6.45, 7) is 1.96. The minimum absolute atomic E-state index is 0.0688. The number of hydrogen-bond donors (Lipinski definition) is 1. The standard InChI is InChI=1S/C20H24N6O3/c27-17(7-4-10-25-15-21-14-22-25)24-11-8-20(9-12-24)18(28)23-19(29)26(20)13-16-5-2-1-3-6-16/h1-3,5-6,14-15H,4,7-13H2,(H,23,28,29). The van der Waals surface area contributed by atoms with Crippen LogP contribution in [0.5, 0.6) is 0 Å². The summed E-state index contributed by atoms with van der Waals surface area (Å²) in [6.07, 6.45) is 5.11. The first-order valence-electron chi connectivity index (χ1n) is 9.86. The number of carbonyl (C=O) groups is 3. The van der Waals surface area contributed by atoms with E-state index in [1.807, 2.05) is 30.3 Å². The molecule has 0 unspecified atom stereocenters. The molecule has 0 saturated carbocycles. The molecule has 0 radical (unpaired) electrons. The summed E-state index contributed by atoms with van der Waals surface area (Å²) in [5.74, 6) is -0.184. The van der Waals surface area contributed by atoms with Crippen molar-refractivity contribution in [3.05, 3.63) is 48.5 Å². The molecule has 4 rings (SSSR count). The summed E-state index contributed by atoms with van der Waals surface area (Å²) in [5.41, 5.74) is 0.105. The van der Waals surface area contributed by atoms with E-state index in [2.05, 4.69) is 15.4 Å². The monoisotopic (exact) mass is 396 g/mol. The van der Waals surface area contributed by atoms with Gasteiger partial charge in [-0.3, -0.25) is 19.6 Å². The molecule has 1 aromatic carbocycles. The number of piperidine rings is 1. The molecule has 2 aromatic rings. The maximum absolute atomic E-state index is 12.6. The van der Waals surface area contributed by atoms with Crippen molar-refractivity contribution >= 4 is 17.8 Å². The molecular formula is C20H24N6O3.